The van der Waals surface area contributed by atoms with Gasteiger partial charge in [-0.2, -0.15) is 0 Å². The number of esters is 1. The maximum absolute atomic E-state index is 11.1. The van der Waals surface area contributed by atoms with Crippen LogP contribution in [-0.4, -0.2) is 38.6 Å². The van der Waals surface area contributed by atoms with Crippen LogP contribution < -0.4 is 10.6 Å². The summed E-state index contributed by atoms with van der Waals surface area (Å²) in [7, 11) is 1.35. The van der Waals surface area contributed by atoms with E-state index >= 15 is 0 Å². The van der Waals surface area contributed by atoms with Gasteiger partial charge in [-0.3, -0.25) is 9.59 Å². The molecule has 0 unspecified atom stereocenters. The minimum atomic E-state index is -0.293. The number of ether oxygens (including phenoxy) is 1. The average molecular weight is 200 g/mol. The van der Waals surface area contributed by atoms with Crippen molar-refractivity contribution in [2.45, 2.75) is 12.8 Å². The molecular formula is C9H16N2O3. The van der Waals surface area contributed by atoms with Gasteiger partial charge in [0.2, 0.25) is 5.91 Å². The van der Waals surface area contributed by atoms with Gasteiger partial charge in [-0.25, -0.2) is 0 Å². The number of hydrogen-bond acceptors (Lipinski definition) is 4. The van der Waals surface area contributed by atoms with Gasteiger partial charge in [-0.1, -0.05) is 0 Å². The third-order valence-corrected chi connectivity index (χ3v) is 2.05. The Labute approximate surface area is 83.2 Å². The molecule has 80 valence electrons. The summed E-state index contributed by atoms with van der Waals surface area (Å²) < 4.78 is 4.44. The highest BCUT2D eigenvalue weighted by molar-refractivity contribution is 5.80. The molecule has 0 aromatic carbocycles. The summed E-state index contributed by atoms with van der Waals surface area (Å²) in [6, 6.07) is 0. The first-order valence-corrected chi connectivity index (χ1v) is 4.79. The lowest BCUT2D eigenvalue weighted by Gasteiger charge is -2.04. The Kier molecular flexibility index (Phi) is 4.39. The molecule has 0 radical (unpaired) electrons. The van der Waals surface area contributed by atoms with Gasteiger partial charge in [0, 0.05) is 19.0 Å². The van der Waals surface area contributed by atoms with Crippen LogP contribution in [0.25, 0.3) is 0 Å². The molecule has 0 heterocycles. The molecule has 0 aromatic heterocycles. The molecule has 0 aromatic rings. The van der Waals surface area contributed by atoms with E-state index in [0.29, 0.717) is 13.1 Å². The van der Waals surface area contributed by atoms with Crippen molar-refractivity contribution in [1.29, 1.82) is 0 Å². The van der Waals surface area contributed by atoms with E-state index in [2.05, 4.69) is 15.4 Å². The maximum Gasteiger partial charge on any atom is 0.319 e. The van der Waals surface area contributed by atoms with Gasteiger partial charge < -0.3 is 15.4 Å². The largest absolute Gasteiger partial charge is 0.468 e. The van der Waals surface area contributed by atoms with Crippen LogP contribution in [0.2, 0.25) is 0 Å². The summed E-state index contributed by atoms with van der Waals surface area (Å²) in [5.74, 6) is 0.0824. The fraction of sp³-hybridized carbons (Fsp3) is 0.778. The summed E-state index contributed by atoms with van der Waals surface area (Å²) in [6.45, 7) is 1.34. The predicted molar refractivity (Wildman–Crippen MR) is 50.6 cm³/mol. The molecule has 1 aliphatic rings. The van der Waals surface area contributed by atoms with E-state index in [1.165, 1.54) is 7.11 Å². The molecule has 5 heteroatoms. The normalized spacial score (nSPS) is 14.9. The highest BCUT2D eigenvalue weighted by atomic mass is 16.5. The van der Waals surface area contributed by atoms with Crippen molar-refractivity contribution in [3.8, 4) is 0 Å². The second-order valence-electron chi connectivity index (χ2n) is 3.32. The van der Waals surface area contributed by atoms with E-state index in [0.717, 1.165) is 12.8 Å². The van der Waals surface area contributed by atoms with Gasteiger partial charge in [0.1, 0.15) is 0 Å². The Morgan fingerprint density at radius 3 is 2.64 bits per heavy atom. The first kappa shape index (κ1) is 11.0. The van der Waals surface area contributed by atoms with Crippen LogP contribution in [0.3, 0.4) is 0 Å². The predicted octanol–water partition coefficient (Wildman–Crippen LogP) is -0.725. The average Bonchev–Trinajstić information content (AvgIpc) is 2.99. The van der Waals surface area contributed by atoms with E-state index in [4.69, 9.17) is 0 Å². The maximum atomic E-state index is 11.1. The van der Waals surface area contributed by atoms with Gasteiger partial charge in [0.15, 0.2) is 0 Å². The molecule has 0 atom stereocenters. The Morgan fingerprint density at radius 1 is 1.36 bits per heavy atom. The molecular weight excluding hydrogens is 184 g/mol. The fourth-order valence-electron chi connectivity index (χ4n) is 1.03. The molecule has 0 saturated heterocycles. The summed E-state index contributed by atoms with van der Waals surface area (Å²) >= 11 is 0. The van der Waals surface area contributed by atoms with E-state index < -0.39 is 0 Å². The fourth-order valence-corrected chi connectivity index (χ4v) is 1.03. The Bertz CT molecular complexity index is 214. The first-order chi connectivity index (χ1) is 6.74. The number of carbonyl (C=O) groups is 2. The van der Waals surface area contributed by atoms with Crippen molar-refractivity contribution in [3.63, 3.8) is 0 Å². The van der Waals surface area contributed by atoms with Crippen LogP contribution >= 0.6 is 0 Å². The van der Waals surface area contributed by atoms with Crippen molar-refractivity contribution in [1.82, 2.24) is 10.6 Å². The molecule has 5 nitrogen and oxygen atoms in total. The van der Waals surface area contributed by atoms with Gasteiger partial charge in [-0.15, -0.1) is 0 Å². The van der Waals surface area contributed by atoms with E-state index in [1.54, 1.807) is 0 Å². The zero-order valence-corrected chi connectivity index (χ0v) is 8.34. The molecule has 1 amide bonds. The van der Waals surface area contributed by atoms with E-state index in [-0.39, 0.29) is 24.3 Å². The standard InChI is InChI=1S/C9H16N2O3/c1-14-8(12)6-10-4-5-11-9(13)7-2-3-7/h7,10H,2-6H2,1H3,(H,11,13). The second-order valence-corrected chi connectivity index (χ2v) is 3.32. The highest BCUT2D eigenvalue weighted by Gasteiger charge is 2.28. The Morgan fingerprint density at radius 2 is 2.07 bits per heavy atom. The summed E-state index contributed by atoms with van der Waals surface area (Å²) in [5, 5.41) is 5.64. The molecule has 1 saturated carbocycles. The molecule has 1 aliphatic carbocycles. The van der Waals surface area contributed by atoms with Crippen LogP contribution in [-0.2, 0) is 14.3 Å². The van der Waals surface area contributed by atoms with Crippen molar-refractivity contribution in [2.24, 2.45) is 5.92 Å². The smallest absolute Gasteiger partial charge is 0.319 e. The molecule has 1 fully saturated rings. The lowest BCUT2D eigenvalue weighted by Crippen LogP contribution is -2.34. The summed E-state index contributed by atoms with van der Waals surface area (Å²) in [5.41, 5.74) is 0. The van der Waals surface area contributed by atoms with Gasteiger partial charge in [0.25, 0.3) is 0 Å². The number of rotatable bonds is 6. The van der Waals surface area contributed by atoms with Crippen LogP contribution in [0.1, 0.15) is 12.8 Å². The van der Waals surface area contributed by atoms with Crippen LogP contribution in [0, 0.1) is 5.92 Å². The number of amides is 1. The molecule has 14 heavy (non-hydrogen) atoms. The third kappa shape index (κ3) is 4.23. The van der Waals surface area contributed by atoms with Gasteiger partial charge in [-0.05, 0) is 12.8 Å². The van der Waals surface area contributed by atoms with Crippen molar-refractivity contribution < 1.29 is 14.3 Å². The minimum Gasteiger partial charge on any atom is -0.468 e. The SMILES string of the molecule is COC(=O)CNCCNC(=O)C1CC1. The number of hydrogen-bond donors (Lipinski definition) is 2. The highest BCUT2D eigenvalue weighted by Crippen LogP contribution is 2.28. The first-order valence-electron chi connectivity index (χ1n) is 4.79. The number of methoxy groups -OCH3 is 1. The zero-order chi connectivity index (χ0) is 10.4. The minimum absolute atomic E-state index is 0.130. The second kappa shape index (κ2) is 5.59. The number of nitrogens with one attached hydrogen (secondary N) is 2. The van der Waals surface area contributed by atoms with Crippen LogP contribution in [0.4, 0.5) is 0 Å². The summed E-state index contributed by atoms with van der Waals surface area (Å²) in [4.78, 5) is 21.8. The Hall–Kier alpha value is -1.10. The quantitative estimate of drug-likeness (QED) is 0.438. The van der Waals surface area contributed by atoms with E-state index in [1.807, 2.05) is 0 Å². The molecule has 0 spiro atoms. The topological polar surface area (TPSA) is 67.4 Å². The Balaban J connectivity index is 1.88. The zero-order valence-electron chi connectivity index (χ0n) is 8.34. The molecule has 0 aliphatic heterocycles. The van der Waals surface area contributed by atoms with E-state index in [9.17, 15) is 9.59 Å². The number of carbonyl (C=O) groups excluding carboxylic acids is 2. The third-order valence-electron chi connectivity index (χ3n) is 2.05. The molecule has 1 rings (SSSR count). The molecule has 2 N–H and O–H groups in total. The van der Waals surface area contributed by atoms with Crippen molar-refractivity contribution >= 4 is 11.9 Å². The van der Waals surface area contributed by atoms with Crippen LogP contribution in [0.15, 0.2) is 0 Å². The van der Waals surface area contributed by atoms with Crippen LogP contribution in [0.5, 0.6) is 0 Å². The lowest BCUT2D eigenvalue weighted by atomic mass is 10.4. The molecule has 0 bridgehead atoms. The lowest BCUT2D eigenvalue weighted by molar-refractivity contribution is -0.139. The van der Waals surface area contributed by atoms with Gasteiger partial charge >= 0.3 is 5.97 Å². The van der Waals surface area contributed by atoms with Crippen molar-refractivity contribution in [3.05, 3.63) is 0 Å². The van der Waals surface area contributed by atoms with Crippen molar-refractivity contribution in [2.75, 3.05) is 26.7 Å². The summed E-state index contributed by atoms with van der Waals surface area (Å²) in [6.07, 6.45) is 2.03. The van der Waals surface area contributed by atoms with Gasteiger partial charge in [0.05, 0.1) is 13.7 Å². The monoisotopic (exact) mass is 200 g/mol.